The molecule has 0 atom stereocenters. The molecule has 1 fully saturated rings. The number of aliphatic imine (C=N–C) groups is 1. The van der Waals surface area contributed by atoms with Gasteiger partial charge in [0.1, 0.15) is 0 Å². The number of hydrogen-bond donors (Lipinski definition) is 1. The van der Waals surface area contributed by atoms with Gasteiger partial charge in [-0.05, 0) is 25.3 Å². The Balaban J connectivity index is 1.94. The van der Waals surface area contributed by atoms with Gasteiger partial charge in [-0.15, -0.1) is 0 Å². The van der Waals surface area contributed by atoms with Gasteiger partial charge in [0.2, 0.25) is 0 Å². The smallest absolute Gasteiger partial charge is 0.0972 e. The maximum absolute atomic E-state index is 6.01. The Hall–Kier alpha value is -1.31. The first-order chi connectivity index (χ1) is 7.75. The minimum atomic E-state index is 0.547. The zero-order chi connectivity index (χ0) is 11.4. The van der Waals surface area contributed by atoms with Crippen molar-refractivity contribution in [1.29, 1.82) is 0 Å². The second kappa shape index (κ2) is 5.15. The van der Waals surface area contributed by atoms with Crippen molar-refractivity contribution in [2.24, 2.45) is 16.6 Å². The summed E-state index contributed by atoms with van der Waals surface area (Å²) >= 11 is 0. The van der Waals surface area contributed by atoms with Gasteiger partial charge < -0.3 is 5.73 Å². The zero-order valence-electron chi connectivity index (χ0n) is 9.95. The Morgan fingerprint density at radius 2 is 1.88 bits per heavy atom. The lowest BCUT2D eigenvalue weighted by Gasteiger charge is -2.08. The number of amidine groups is 1. The Morgan fingerprint density at radius 3 is 2.50 bits per heavy atom. The summed E-state index contributed by atoms with van der Waals surface area (Å²) in [4.78, 5) is 4.50. The summed E-state index contributed by atoms with van der Waals surface area (Å²) < 4.78 is 0. The average molecular weight is 216 g/mol. The van der Waals surface area contributed by atoms with Gasteiger partial charge in [-0.2, -0.15) is 0 Å². The predicted molar refractivity (Wildman–Crippen MR) is 68.5 cm³/mol. The van der Waals surface area contributed by atoms with Crippen molar-refractivity contribution >= 4 is 5.84 Å². The highest BCUT2D eigenvalue weighted by atomic mass is 14.9. The van der Waals surface area contributed by atoms with Crippen LogP contribution in [0.4, 0.5) is 0 Å². The highest BCUT2D eigenvalue weighted by molar-refractivity contribution is 5.83. The van der Waals surface area contributed by atoms with Crippen LogP contribution in [0.3, 0.4) is 0 Å². The van der Waals surface area contributed by atoms with Gasteiger partial charge in [0.05, 0.1) is 12.4 Å². The molecule has 0 bridgehead atoms. The van der Waals surface area contributed by atoms with Gasteiger partial charge in [0, 0.05) is 5.92 Å². The van der Waals surface area contributed by atoms with Crippen molar-refractivity contribution in [2.45, 2.75) is 39.2 Å². The maximum Gasteiger partial charge on any atom is 0.0972 e. The van der Waals surface area contributed by atoms with Crippen molar-refractivity contribution in [1.82, 2.24) is 0 Å². The fourth-order valence-corrected chi connectivity index (χ4v) is 2.23. The summed E-state index contributed by atoms with van der Waals surface area (Å²) in [6, 6.07) is 8.49. The minimum Gasteiger partial charge on any atom is -0.387 e. The molecular formula is C14H20N2. The van der Waals surface area contributed by atoms with E-state index in [0.717, 1.165) is 12.4 Å². The van der Waals surface area contributed by atoms with Crippen LogP contribution in [-0.2, 0) is 6.54 Å². The molecule has 0 spiro atoms. The number of nitrogens with zero attached hydrogens (tertiary/aromatic N) is 1. The van der Waals surface area contributed by atoms with Crippen molar-refractivity contribution in [3.63, 3.8) is 0 Å². The Bertz CT molecular complexity index is 359. The number of nitrogens with two attached hydrogens (primary N) is 1. The highest BCUT2D eigenvalue weighted by Gasteiger charge is 2.17. The van der Waals surface area contributed by atoms with Gasteiger partial charge in [-0.1, -0.05) is 42.7 Å². The maximum atomic E-state index is 6.01. The lowest BCUT2D eigenvalue weighted by molar-refractivity contribution is 0.715. The Labute approximate surface area is 97.6 Å². The first-order valence-corrected chi connectivity index (χ1v) is 6.11. The average Bonchev–Trinajstić information content (AvgIpc) is 2.81. The van der Waals surface area contributed by atoms with Gasteiger partial charge in [0.25, 0.3) is 0 Å². The van der Waals surface area contributed by atoms with Crippen molar-refractivity contribution in [3.05, 3.63) is 35.4 Å². The topological polar surface area (TPSA) is 38.4 Å². The molecule has 0 saturated heterocycles. The first-order valence-electron chi connectivity index (χ1n) is 6.11. The molecule has 86 valence electrons. The number of aryl methyl sites for hydroxylation is 1. The molecule has 0 amide bonds. The van der Waals surface area contributed by atoms with Crippen LogP contribution in [0.5, 0.6) is 0 Å². The summed E-state index contributed by atoms with van der Waals surface area (Å²) in [5.41, 5.74) is 8.54. The Kier molecular flexibility index (Phi) is 3.60. The van der Waals surface area contributed by atoms with E-state index in [9.17, 15) is 0 Å². The number of benzene rings is 1. The van der Waals surface area contributed by atoms with Gasteiger partial charge in [-0.25, -0.2) is 0 Å². The molecule has 2 rings (SSSR count). The van der Waals surface area contributed by atoms with E-state index >= 15 is 0 Å². The van der Waals surface area contributed by atoms with E-state index in [2.05, 4.69) is 36.2 Å². The fourth-order valence-electron chi connectivity index (χ4n) is 2.23. The van der Waals surface area contributed by atoms with E-state index < -0.39 is 0 Å². The predicted octanol–water partition coefficient (Wildman–Crippen LogP) is 3.04. The molecule has 1 saturated carbocycles. The molecule has 1 aromatic rings. The highest BCUT2D eigenvalue weighted by Crippen LogP contribution is 2.24. The molecule has 0 heterocycles. The summed E-state index contributed by atoms with van der Waals surface area (Å²) in [6.07, 6.45) is 5.07. The fraction of sp³-hybridized carbons (Fsp3) is 0.500. The number of hydrogen-bond acceptors (Lipinski definition) is 1. The second-order valence-corrected chi connectivity index (χ2v) is 4.71. The molecule has 0 unspecified atom stereocenters. The first kappa shape index (κ1) is 11.2. The third-order valence-electron chi connectivity index (χ3n) is 3.34. The number of rotatable bonds is 3. The van der Waals surface area contributed by atoms with Crippen LogP contribution < -0.4 is 5.73 Å². The van der Waals surface area contributed by atoms with Crippen LogP contribution in [0.15, 0.2) is 29.3 Å². The molecule has 1 aliphatic carbocycles. The van der Waals surface area contributed by atoms with E-state index in [4.69, 9.17) is 5.73 Å². The Morgan fingerprint density at radius 1 is 1.25 bits per heavy atom. The minimum absolute atomic E-state index is 0.547. The quantitative estimate of drug-likeness (QED) is 0.612. The zero-order valence-corrected chi connectivity index (χ0v) is 9.95. The van der Waals surface area contributed by atoms with Crippen LogP contribution in [0.2, 0.25) is 0 Å². The molecular weight excluding hydrogens is 196 g/mol. The molecule has 1 aliphatic rings. The third-order valence-corrected chi connectivity index (χ3v) is 3.34. The van der Waals surface area contributed by atoms with Crippen LogP contribution in [0, 0.1) is 12.8 Å². The second-order valence-electron chi connectivity index (χ2n) is 4.71. The molecule has 0 aliphatic heterocycles. The van der Waals surface area contributed by atoms with E-state index in [0.29, 0.717) is 5.92 Å². The van der Waals surface area contributed by atoms with Crippen molar-refractivity contribution in [3.8, 4) is 0 Å². The van der Waals surface area contributed by atoms with Gasteiger partial charge in [-0.3, -0.25) is 4.99 Å². The molecule has 0 radical (unpaired) electrons. The van der Waals surface area contributed by atoms with Crippen LogP contribution in [0.25, 0.3) is 0 Å². The van der Waals surface area contributed by atoms with Crippen LogP contribution >= 0.6 is 0 Å². The van der Waals surface area contributed by atoms with E-state index in [1.54, 1.807) is 0 Å². The SMILES string of the molecule is Cc1ccc(CN=C(N)C2CCCC2)cc1. The molecule has 2 heteroatoms. The summed E-state index contributed by atoms with van der Waals surface area (Å²) in [5, 5.41) is 0. The molecule has 2 nitrogen and oxygen atoms in total. The molecule has 16 heavy (non-hydrogen) atoms. The lowest BCUT2D eigenvalue weighted by atomic mass is 10.1. The van der Waals surface area contributed by atoms with Crippen molar-refractivity contribution < 1.29 is 0 Å². The van der Waals surface area contributed by atoms with Crippen molar-refractivity contribution in [2.75, 3.05) is 0 Å². The van der Waals surface area contributed by atoms with E-state index in [1.807, 2.05) is 0 Å². The summed E-state index contributed by atoms with van der Waals surface area (Å²) in [7, 11) is 0. The van der Waals surface area contributed by atoms with Gasteiger partial charge in [0.15, 0.2) is 0 Å². The van der Waals surface area contributed by atoms with E-state index in [-0.39, 0.29) is 0 Å². The molecule has 1 aromatic carbocycles. The molecule has 2 N–H and O–H groups in total. The lowest BCUT2D eigenvalue weighted by Crippen LogP contribution is -2.21. The molecule has 0 aromatic heterocycles. The third kappa shape index (κ3) is 2.84. The summed E-state index contributed by atoms with van der Waals surface area (Å²) in [6.45, 7) is 2.82. The van der Waals surface area contributed by atoms with Crippen LogP contribution in [-0.4, -0.2) is 5.84 Å². The normalized spacial score (nSPS) is 17.9. The largest absolute Gasteiger partial charge is 0.387 e. The van der Waals surface area contributed by atoms with Crippen LogP contribution in [0.1, 0.15) is 36.8 Å². The standard InChI is InChI=1S/C14H20N2/c1-11-6-8-12(9-7-11)10-16-14(15)13-4-2-3-5-13/h6-9,13H,2-5,10H2,1H3,(H2,15,16). The van der Waals surface area contributed by atoms with Gasteiger partial charge >= 0.3 is 0 Å². The summed E-state index contributed by atoms with van der Waals surface area (Å²) in [5.74, 6) is 1.41. The van der Waals surface area contributed by atoms with E-state index in [1.165, 1.54) is 36.8 Å². The monoisotopic (exact) mass is 216 g/mol.